The van der Waals surface area contributed by atoms with E-state index in [1.165, 1.54) is 11.0 Å². The third-order valence-corrected chi connectivity index (χ3v) is 7.94. The van der Waals surface area contributed by atoms with Crippen LogP contribution >= 0.6 is 0 Å². The van der Waals surface area contributed by atoms with Crippen molar-refractivity contribution >= 4 is 34.8 Å². The van der Waals surface area contributed by atoms with Crippen molar-refractivity contribution in [2.45, 2.75) is 45.3 Å². The standard InChI is InChI=1S/C27H33N3O8/c1-11(2)10-38-29-12(3)14-6-7-17(31)19-15(14)8-13-9-16-21(30(4)5)23(33)20(26(28)36)25(35)27(16,37)24(34)18(13)22(19)32/h6-7,11,13,16,18,20-21,31,37H,8-10H2,1-5H3,(H2,28,36)/t13-,16-,18?,20?,21-,27-/m1/s1. The second-order valence-electron chi connectivity index (χ2n) is 11.1. The molecule has 2 saturated carbocycles. The van der Waals surface area contributed by atoms with Gasteiger partial charge in [0, 0.05) is 11.5 Å². The van der Waals surface area contributed by atoms with E-state index in [1.807, 2.05) is 13.8 Å². The van der Waals surface area contributed by atoms with Gasteiger partial charge in [-0.05, 0) is 63.4 Å². The first kappa shape index (κ1) is 27.6. The van der Waals surface area contributed by atoms with Gasteiger partial charge in [0.05, 0.1) is 23.2 Å². The van der Waals surface area contributed by atoms with Crippen LogP contribution in [0.2, 0.25) is 0 Å². The molecule has 0 bridgehead atoms. The minimum absolute atomic E-state index is 0.0148. The maximum atomic E-state index is 13.8. The molecular formula is C27H33N3O8. The zero-order chi connectivity index (χ0) is 28.3. The van der Waals surface area contributed by atoms with E-state index in [0.29, 0.717) is 23.4 Å². The predicted molar refractivity (Wildman–Crippen MR) is 134 cm³/mol. The molecule has 11 heteroatoms. The number of amides is 1. The number of oxime groups is 1. The Morgan fingerprint density at radius 2 is 1.87 bits per heavy atom. The van der Waals surface area contributed by atoms with Crippen molar-refractivity contribution in [1.82, 2.24) is 4.90 Å². The molecule has 0 aromatic heterocycles. The SMILES string of the molecule is CC(=NOCC(C)C)c1ccc(O)c2c1C[C@@H]1C[C@@H]3[C@@H](N(C)C)C(=O)C(C(N)=O)C(=O)[C@]3(O)C(=O)C1C2=O. The number of carbonyl (C=O) groups excluding carboxylic acids is 5. The number of aliphatic hydroxyl groups is 1. The molecule has 3 aliphatic carbocycles. The fraction of sp³-hybridized carbons (Fsp3) is 0.556. The second-order valence-corrected chi connectivity index (χ2v) is 11.1. The number of nitrogens with zero attached hydrogens (tertiary/aromatic N) is 2. The van der Waals surface area contributed by atoms with Crippen LogP contribution in [0.3, 0.4) is 0 Å². The predicted octanol–water partition coefficient (Wildman–Crippen LogP) is 0.264. The number of benzene rings is 1. The molecular weight excluding hydrogens is 494 g/mol. The van der Waals surface area contributed by atoms with E-state index >= 15 is 0 Å². The number of Topliss-reactive ketones (excluding diaryl/α,β-unsaturated/α-hetero) is 4. The largest absolute Gasteiger partial charge is 0.507 e. The number of hydrogen-bond acceptors (Lipinski definition) is 10. The normalized spacial score (nSPS) is 31.3. The van der Waals surface area contributed by atoms with Gasteiger partial charge in [0.2, 0.25) is 5.91 Å². The first-order valence-corrected chi connectivity index (χ1v) is 12.6. The maximum absolute atomic E-state index is 13.8. The van der Waals surface area contributed by atoms with Crippen LogP contribution in [0.25, 0.3) is 0 Å². The molecule has 3 aliphatic rings. The summed E-state index contributed by atoms with van der Waals surface area (Å²) in [7, 11) is 3.09. The van der Waals surface area contributed by atoms with Crippen LogP contribution in [-0.4, -0.2) is 82.2 Å². The second kappa shape index (κ2) is 9.70. The van der Waals surface area contributed by atoms with E-state index in [4.69, 9.17) is 10.6 Å². The van der Waals surface area contributed by atoms with Crippen molar-refractivity contribution in [3.05, 3.63) is 28.8 Å². The van der Waals surface area contributed by atoms with E-state index < -0.39 is 64.4 Å². The van der Waals surface area contributed by atoms with E-state index in [-0.39, 0.29) is 30.1 Å². The van der Waals surface area contributed by atoms with Gasteiger partial charge in [-0.1, -0.05) is 19.0 Å². The fourth-order valence-corrected chi connectivity index (χ4v) is 6.28. The van der Waals surface area contributed by atoms with E-state index in [9.17, 15) is 34.2 Å². The summed E-state index contributed by atoms with van der Waals surface area (Å²) in [4.78, 5) is 72.9. The lowest BCUT2D eigenvalue weighted by molar-refractivity contribution is -0.181. The molecule has 4 N–H and O–H groups in total. The van der Waals surface area contributed by atoms with E-state index in [0.717, 1.165) is 0 Å². The van der Waals surface area contributed by atoms with Gasteiger partial charge in [0.25, 0.3) is 0 Å². The summed E-state index contributed by atoms with van der Waals surface area (Å²) in [5.41, 5.74) is 4.03. The number of aromatic hydroxyl groups is 1. The third kappa shape index (κ3) is 4.04. The van der Waals surface area contributed by atoms with Crippen molar-refractivity contribution in [3.8, 4) is 5.75 Å². The third-order valence-electron chi connectivity index (χ3n) is 7.94. The van der Waals surface area contributed by atoms with Gasteiger partial charge in [-0.15, -0.1) is 0 Å². The van der Waals surface area contributed by atoms with Gasteiger partial charge in [-0.3, -0.25) is 28.9 Å². The Morgan fingerprint density at radius 1 is 1.21 bits per heavy atom. The Morgan fingerprint density at radius 3 is 2.45 bits per heavy atom. The zero-order valence-corrected chi connectivity index (χ0v) is 22.1. The van der Waals surface area contributed by atoms with Crippen LogP contribution in [0.15, 0.2) is 17.3 Å². The average molecular weight is 528 g/mol. The summed E-state index contributed by atoms with van der Waals surface area (Å²) in [5, 5.41) is 26.4. The number of hydrogen-bond donors (Lipinski definition) is 3. The molecule has 2 unspecified atom stereocenters. The molecule has 0 saturated heterocycles. The lowest BCUT2D eigenvalue weighted by Crippen LogP contribution is -2.74. The molecule has 0 spiro atoms. The summed E-state index contributed by atoms with van der Waals surface area (Å²) >= 11 is 0. The number of carbonyl (C=O) groups is 5. The van der Waals surface area contributed by atoms with Gasteiger partial charge in [0.1, 0.15) is 12.4 Å². The lowest BCUT2D eigenvalue weighted by Gasteiger charge is -2.52. The molecule has 6 atom stereocenters. The Balaban J connectivity index is 1.82. The van der Waals surface area contributed by atoms with E-state index in [1.54, 1.807) is 27.1 Å². The van der Waals surface area contributed by atoms with Crippen LogP contribution in [0.1, 0.15) is 48.7 Å². The smallest absolute Gasteiger partial charge is 0.235 e. The fourth-order valence-electron chi connectivity index (χ4n) is 6.28. The lowest BCUT2D eigenvalue weighted by atomic mass is 9.52. The minimum Gasteiger partial charge on any atom is -0.507 e. The topological polar surface area (TPSA) is 177 Å². The van der Waals surface area contributed by atoms with Gasteiger partial charge in [-0.2, -0.15) is 0 Å². The number of ketones is 4. The van der Waals surface area contributed by atoms with Gasteiger partial charge in [0.15, 0.2) is 34.7 Å². The Labute approximate surface area is 220 Å². The Kier molecular flexibility index (Phi) is 7.04. The van der Waals surface area contributed by atoms with Crippen LogP contribution in [0, 0.1) is 29.6 Å². The number of likely N-dealkylation sites (N-methyl/N-ethyl adjacent to an activating group) is 1. The van der Waals surface area contributed by atoms with Crippen molar-refractivity contribution in [2.75, 3.05) is 20.7 Å². The van der Waals surface area contributed by atoms with Crippen molar-refractivity contribution in [3.63, 3.8) is 0 Å². The van der Waals surface area contributed by atoms with Crippen molar-refractivity contribution in [2.24, 2.45) is 40.5 Å². The number of phenols is 1. The first-order chi connectivity index (χ1) is 17.7. The molecule has 0 radical (unpaired) electrons. The molecule has 1 amide bonds. The van der Waals surface area contributed by atoms with Crippen molar-refractivity contribution in [1.29, 1.82) is 0 Å². The molecule has 38 heavy (non-hydrogen) atoms. The maximum Gasteiger partial charge on any atom is 0.235 e. The number of fused-ring (bicyclic) bond motifs is 3. The number of primary amides is 1. The molecule has 1 aromatic carbocycles. The summed E-state index contributed by atoms with van der Waals surface area (Å²) in [5.74, 6) is -10.5. The minimum atomic E-state index is -2.74. The average Bonchev–Trinajstić information content (AvgIpc) is 2.80. The molecule has 2 fully saturated rings. The summed E-state index contributed by atoms with van der Waals surface area (Å²) in [6, 6.07) is 1.80. The van der Waals surface area contributed by atoms with Crippen LogP contribution < -0.4 is 5.73 Å². The monoisotopic (exact) mass is 527 g/mol. The highest BCUT2D eigenvalue weighted by Crippen LogP contribution is 2.51. The van der Waals surface area contributed by atoms with Gasteiger partial charge < -0.3 is 20.8 Å². The van der Waals surface area contributed by atoms with Gasteiger partial charge >= 0.3 is 0 Å². The Bertz CT molecular complexity index is 1270. The number of phenolic OH excluding ortho intramolecular Hbond substituents is 1. The number of rotatable bonds is 6. The Hall–Kier alpha value is -3.44. The quantitative estimate of drug-likeness (QED) is 0.266. The first-order valence-electron chi connectivity index (χ1n) is 12.6. The highest BCUT2D eigenvalue weighted by Gasteiger charge is 2.69. The van der Waals surface area contributed by atoms with Crippen LogP contribution in [-0.2, 0) is 30.4 Å². The zero-order valence-electron chi connectivity index (χ0n) is 22.1. The van der Waals surface area contributed by atoms with Gasteiger partial charge in [-0.25, -0.2) is 0 Å². The molecule has 0 heterocycles. The summed E-state index contributed by atoms with van der Waals surface area (Å²) in [6.45, 7) is 6.04. The highest BCUT2D eigenvalue weighted by atomic mass is 16.6. The van der Waals surface area contributed by atoms with E-state index in [2.05, 4.69) is 5.16 Å². The molecule has 4 rings (SSSR count). The summed E-state index contributed by atoms with van der Waals surface area (Å²) in [6.07, 6.45) is 0.144. The molecule has 204 valence electrons. The molecule has 1 aromatic rings. The number of nitrogens with two attached hydrogens (primary N) is 1. The van der Waals surface area contributed by atoms with Crippen LogP contribution in [0.4, 0.5) is 0 Å². The van der Waals surface area contributed by atoms with Crippen LogP contribution in [0.5, 0.6) is 5.75 Å². The summed E-state index contributed by atoms with van der Waals surface area (Å²) < 4.78 is 0. The van der Waals surface area contributed by atoms with Crippen molar-refractivity contribution < 1.29 is 39.0 Å². The molecule has 0 aliphatic heterocycles. The molecule has 11 nitrogen and oxygen atoms in total. The highest BCUT2D eigenvalue weighted by molar-refractivity contribution is 6.32.